The average molecular weight is 291 g/mol. The van der Waals surface area contributed by atoms with Crippen molar-refractivity contribution in [3.05, 3.63) is 58.9 Å². The van der Waals surface area contributed by atoms with Gasteiger partial charge < -0.3 is 10.4 Å². The largest absolute Gasteiger partial charge is 0.477 e. The molecule has 0 saturated heterocycles. The summed E-state index contributed by atoms with van der Waals surface area (Å²) in [5, 5.41) is 12.2. The minimum Gasteiger partial charge on any atom is -0.477 e. The number of halogens is 1. The minimum atomic E-state index is -1.15. The number of pyridine rings is 1. The molecule has 1 amide bonds. The van der Waals surface area contributed by atoms with Crippen LogP contribution in [0, 0.1) is 0 Å². The van der Waals surface area contributed by atoms with Gasteiger partial charge >= 0.3 is 5.97 Å². The van der Waals surface area contributed by atoms with Gasteiger partial charge in [0.15, 0.2) is 5.69 Å². The Morgan fingerprint density at radius 2 is 1.90 bits per heavy atom. The zero-order valence-corrected chi connectivity index (χ0v) is 11.1. The summed E-state index contributed by atoms with van der Waals surface area (Å²) >= 11 is 5.75. The molecule has 20 heavy (non-hydrogen) atoms. The molecule has 102 valence electrons. The molecule has 2 N–H and O–H groups in total. The monoisotopic (exact) mass is 290 g/mol. The smallest absolute Gasteiger partial charge is 0.354 e. The van der Waals surface area contributed by atoms with Gasteiger partial charge in [0.05, 0.1) is 6.42 Å². The molecule has 2 rings (SSSR count). The number of nitrogens with one attached hydrogen (secondary N) is 1. The molecule has 2 aromatic rings. The van der Waals surface area contributed by atoms with Gasteiger partial charge in [0, 0.05) is 16.9 Å². The van der Waals surface area contributed by atoms with Gasteiger partial charge in [-0.3, -0.25) is 4.79 Å². The van der Waals surface area contributed by atoms with Gasteiger partial charge in [0.1, 0.15) is 0 Å². The number of carboxylic acids is 1. The molecule has 0 radical (unpaired) electrons. The van der Waals surface area contributed by atoms with E-state index in [9.17, 15) is 9.59 Å². The van der Waals surface area contributed by atoms with Crippen LogP contribution in [0.25, 0.3) is 0 Å². The third kappa shape index (κ3) is 3.55. The summed E-state index contributed by atoms with van der Waals surface area (Å²) in [7, 11) is 0. The molecule has 1 aromatic heterocycles. The van der Waals surface area contributed by atoms with Crippen molar-refractivity contribution >= 4 is 29.2 Å². The highest BCUT2D eigenvalue weighted by Gasteiger charge is 2.14. The fraction of sp³-hybridized carbons (Fsp3) is 0.0714. The van der Waals surface area contributed by atoms with E-state index in [2.05, 4.69) is 10.3 Å². The number of rotatable bonds is 4. The molecule has 0 atom stereocenters. The maximum absolute atomic E-state index is 11.9. The number of carbonyl (C=O) groups is 2. The fourth-order valence-corrected chi connectivity index (χ4v) is 1.81. The van der Waals surface area contributed by atoms with Crippen LogP contribution in [0.3, 0.4) is 0 Å². The Labute approximate surface area is 120 Å². The molecule has 0 aliphatic carbocycles. The summed E-state index contributed by atoms with van der Waals surface area (Å²) in [6.45, 7) is 0. The highest BCUT2D eigenvalue weighted by molar-refractivity contribution is 6.30. The molecular formula is C14H11ClN2O3. The van der Waals surface area contributed by atoms with Crippen LogP contribution in [-0.4, -0.2) is 22.0 Å². The number of amides is 1. The molecule has 0 unspecified atom stereocenters. The number of hydrogen-bond donors (Lipinski definition) is 2. The first kappa shape index (κ1) is 14.0. The Bertz CT molecular complexity index is 641. The first-order chi connectivity index (χ1) is 9.56. The van der Waals surface area contributed by atoms with E-state index in [1.165, 1.54) is 6.20 Å². The molecular weight excluding hydrogens is 280 g/mol. The van der Waals surface area contributed by atoms with E-state index >= 15 is 0 Å². The van der Waals surface area contributed by atoms with E-state index in [0.717, 1.165) is 0 Å². The van der Waals surface area contributed by atoms with Crippen molar-refractivity contribution in [2.45, 2.75) is 6.42 Å². The van der Waals surface area contributed by atoms with Crippen LogP contribution in [0.2, 0.25) is 5.02 Å². The van der Waals surface area contributed by atoms with Crippen LogP contribution >= 0.6 is 11.6 Å². The summed E-state index contributed by atoms with van der Waals surface area (Å²) in [4.78, 5) is 26.6. The third-order valence-corrected chi connectivity index (χ3v) is 2.82. The number of hydrogen-bond acceptors (Lipinski definition) is 3. The Kier molecular flexibility index (Phi) is 4.32. The Hall–Kier alpha value is -2.40. The quantitative estimate of drug-likeness (QED) is 0.907. The van der Waals surface area contributed by atoms with Crippen LogP contribution in [-0.2, 0) is 11.2 Å². The topological polar surface area (TPSA) is 79.3 Å². The lowest BCUT2D eigenvalue weighted by molar-refractivity contribution is -0.115. The van der Waals surface area contributed by atoms with Crippen LogP contribution < -0.4 is 5.32 Å². The van der Waals surface area contributed by atoms with Crippen LogP contribution in [0.15, 0.2) is 42.6 Å². The normalized spacial score (nSPS) is 10.1. The van der Waals surface area contributed by atoms with E-state index in [1.54, 1.807) is 36.4 Å². The maximum atomic E-state index is 11.9. The van der Waals surface area contributed by atoms with Gasteiger partial charge in [0.2, 0.25) is 5.91 Å². The van der Waals surface area contributed by atoms with Crippen molar-refractivity contribution in [2.24, 2.45) is 0 Å². The second-order valence-corrected chi connectivity index (χ2v) is 4.48. The predicted molar refractivity (Wildman–Crippen MR) is 75.0 cm³/mol. The zero-order valence-electron chi connectivity index (χ0n) is 10.3. The second-order valence-electron chi connectivity index (χ2n) is 4.05. The van der Waals surface area contributed by atoms with E-state index < -0.39 is 5.97 Å². The summed E-state index contributed by atoms with van der Waals surface area (Å²) in [6, 6.07) is 9.81. The molecule has 0 bridgehead atoms. The van der Waals surface area contributed by atoms with Crippen LogP contribution in [0.1, 0.15) is 16.1 Å². The van der Waals surface area contributed by atoms with Crippen molar-refractivity contribution in [3.8, 4) is 0 Å². The van der Waals surface area contributed by atoms with Crippen LogP contribution in [0.4, 0.5) is 5.69 Å². The van der Waals surface area contributed by atoms with Crippen molar-refractivity contribution in [2.75, 3.05) is 5.32 Å². The SMILES string of the molecule is O=C(Cc1cccnc1C(=O)O)Nc1ccc(Cl)cc1. The molecule has 1 heterocycles. The lowest BCUT2D eigenvalue weighted by atomic mass is 10.1. The lowest BCUT2D eigenvalue weighted by Gasteiger charge is -2.07. The summed E-state index contributed by atoms with van der Waals surface area (Å²) in [6.07, 6.45) is 1.32. The molecule has 0 fully saturated rings. The molecule has 5 nitrogen and oxygen atoms in total. The summed E-state index contributed by atoms with van der Waals surface area (Å²) in [5.74, 6) is -1.47. The van der Waals surface area contributed by atoms with E-state index in [4.69, 9.17) is 16.7 Å². The number of carboxylic acid groups (broad SMARTS) is 1. The fourth-order valence-electron chi connectivity index (χ4n) is 1.69. The van der Waals surface area contributed by atoms with E-state index in [-0.39, 0.29) is 18.0 Å². The molecule has 1 aromatic carbocycles. The van der Waals surface area contributed by atoms with Gasteiger partial charge in [-0.2, -0.15) is 0 Å². The number of aromatic nitrogens is 1. The molecule has 0 aliphatic heterocycles. The van der Waals surface area contributed by atoms with Crippen LogP contribution in [0.5, 0.6) is 0 Å². The van der Waals surface area contributed by atoms with Crippen molar-refractivity contribution in [1.29, 1.82) is 0 Å². The van der Waals surface area contributed by atoms with Gasteiger partial charge in [-0.25, -0.2) is 9.78 Å². The highest BCUT2D eigenvalue weighted by Crippen LogP contribution is 2.14. The van der Waals surface area contributed by atoms with E-state index in [1.807, 2.05) is 0 Å². The lowest BCUT2D eigenvalue weighted by Crippen LogP contribution is -2.17. The molecule has 6 heteroatoms. The van der Waals surface area contributed by atoms with Gasteiger partial charge in [-0.05, 0) is 35.9 Å². The Morgan fingerprint density at radius 3 is 2.55 bits per heavy atom. The number of benzene rings is 1. The molecule has 0 aliphatic rings. The number of anilines is 1. The van der Waals surface area contributed by atoms with Crippen molar-refractivity contribution in [3.63, 3.8) is 0 Å². The van der Waals surface area contributed by atoms with Gasteiger partial charge in [0.25, 0.3) is 0 Å². The zero-order chi connectivity index (χ0) is 14.5. The number of carbonyl (C=O) groups excluding carboxylic acids is 1. The van der Waals surface area contributed by atoms with Gasteiger partial charge in [-0.1, -0.05) is 17.7 Å². The Morgan fingerprint density at radius 1 is 1.20 bits per heavy atom. The average Bonchev–Trinajstić information content (AvgIpc) is 2.41. The first-order valence-electron chi connectivity index (χ1n) is 5.79. The van der Waals surface area contributed by atoms with Crippen molar-refractivity contribution in [1.82, 2.24) is 4.98 Å². The standard InChI is InChI=1S/C14H11ClN2O3/c15-10-3-5-11(6-4-10)17-12(18)8-9-2-1-7-16-13(9)14(19)20/h1-7H,8H2,(H,17,18)(H,19,20). The third-order valence-electron chi connectivity index (χ3n) is 2.57. The van der Waals surface area contributed by atoms with E-state index in [0.29, 0.717) is 16.3 Å². The Balaban J connectivity index is 2.08. The van der Waals surface area contributed by atoms with Crippen molar-refractivity contribution < 1.29 is 14.7 Å². The summed E-state index contributed by atoms with van der Waals surface area (Å²) in [5.41, 5.74) is 0.852. The second kappa shape index (κ2) is 6.16. The first-order valence-corrected chi connectivity index (χ1v) is 6.16. The van der Waals surface area contributed by atoms with Gasteiger partial charge in [-0.15, -0.1) is 0 Å². The number of aromatic carboxylic acids is 1. The molecule has 0 spiro atoms. The predicted octanol–water partition coefficient (Wildman–Crippen LogP) is 2.61. The molecule has 0 saturated carbocycles. The summed E-state index contributed by atoms with van der Waals surface area (Å²) < 4.78 is 0. The number of nitrogens with zero attached hydrogens (tertiary/aromatic N) is 1. The maximum Gasteiger partial charge on any atom is 0.354 e. The minimum absolute atomic E-state index is 0.0574. The highest BCUT2D eigenvalue weighted by atomic mass is 35.5.